The molecule has 0 aromatic heterocycles. The summed E-state index contributed by atoms with van der Waals surface area (Å²) in [4.78, 5) is 14.1. The SMILES string of the molecule is [N-]=[N+]=CC(=O)[C@@H]1O[C@@H]1c1ccc2ccccc2c1. The molecule has 1 saturated heterocycles. The van der Waals surface area contributed by atoms with Crippen LogP contribution in [-0.2, 0) is 9.53 Å². The van der Waals surface area contributed by atoms with Gasteiger partial charge in [0.25, 0.3) is 5.78 Å². The molecule has 1 fully saturated rings. The number of hydrogen-bond acceptors (Lipinski definition) is 2. The Morgan fingerprint density at radius 1 is 1.22 bits per heavy atom. The number of ether oxygens (including phenoxy) is 1. The molecule has 1 heterocycles. The van der Waals surface area contributed by atoms with E-state index in [2.05, 4.69) is 4.79 Å². The highest BCUT2D eigenvalue weighted by Crippen LogP contribution is 2.39. The fourth-order valence-electron chi connectivity index (χ4n) is 2.10. The Morgan fingerprint density at radius 3 is 2.78 bits per heavy atom. The quantitative estimate of drug-likeness (QED) is 0.356. The first kappa shape index (κ1) is 10.8. The third-order valence-electron chi connectivity index (χ3n) is 3.06. The molecule has 0 saturated carbocycles. The van der Waals surface area contributed by atoms with E-state index in [1.54, 1.807) is 0 Å². The van der Waals surface area contributed by atoms with Crippen LogP contribution in [0.5, 0.6) is 0 Å². The summed E-state index contributed by atoms with van der Waals surface area (Å²) in [5.74, 6) is -0.310. The number of ketones is 1. The van der Waals surface area contributed by atoms with Gasteiger partial charge >= 0.3 is 6.21 Å². The smallest absolute Gasteiger partial charge is 0.326 e. The topological polar surface area (TPSA) is 66.0 Å². The first-order chi connectivity index (χ1) is 8.79. The molecule has 18 heavy (non-hydrogen) atoms. The summed E-state index contributed by atoms with van der Waals surface area (Å²) in [6.07, 6.45) is 0.147. The van der Waals surface area contributed by atoms with Crippen molar-refractivity contribution in [2.45, 2.75) is 12.2 Å². The van der Waals surface area contributed by atoms with Gasteiger partial charge < -0.3 is 10.3 Å². The number of fused-ring (bicyclic) bond motifs is 1. The third-order valence-corrected chi connectivity index (χ3v) is 3.06. The molecule has 4 heteroatoms. The molecule has 0 bridgehead atoms. The number of carbonyl (C=O) groups is 1. The number of nitrogens with zero attached hydrogens (tertiary/aromatic N) is 2. The Hall–Kier alpha value is -2.29. The predicted molar refractivity (Wildman–Crippen MR) is 66.3 cm³/mol. The van der Waals surface area contributed by atoms with E-state index in [0.29, 0.717) is 0 Å². The number of rotatable bonds is 3. The van der Waals surface area contributed by atoms with Crippen LogP contribution in [0.2, 0.25) is 0 Å². The van der Waals surface area contributed by atoms with Crippen molar-refractivity contribution < 1.29 is 14.3 Å². The number of epoxide rings is 1. The maximum absolute atomic E-state index is 11.4. The average Bonchev–Trinajstić information content (AvgIpc) is 3.19. The van der Waals surface area contributed by atoms with Crippen LogP contribution in [0.25, 0.3) is 16.3 Å². The molecule has 4 nitrogen and oxygen atoms in total. The number of hydrogen-bond donors (Lipinski definition) is 0. The lowest BCUT2D eigenvalue weighted by Gasteiger charge is -2.00. The van der Waals surface area contributed by atoms with Crippen LogP contribution in [0.15, 0.2) is 42.5 Å². The lowest BCUT2D eigenvalue weighted by atomic mass is 10.0. The fraction of sp³-hybridized carbons (Fsp3) is 0.143. The highest BCUT2D eigenvalue weighted by atomic mass is 16.6. The molecule has 0 aliphatic carbocycles. The van der Waals surface area contributed by atoms with Gasteiger partial charge in [0, 0.05) is 0 Å². The van der Waals surface area contributed by atoms with Crippen LogP contribution in [0.1, 0.15) is 11.7 Å². The van der Waals surface area contributed by atoms with Gasteiger partial charge in [-0.15, -0.1) is 0 Å². The molecule has 0 amide bonds. The van der Waals surface area contributed by atoms with Crippen LogP contribution < -0.4 is 0 Å². The Morgan fingerprint density at radius 2 is 2.00 bits per heavy atom. The molecule has 0 unspecified atom stereocenters. The van der Waals surface area contributed by atoms with Crippen molar-refractivity contribution in [3.8, 4) is 0 Å². The van der Waals surface area contributed by atoms with Crippen LogP contribution in [-0.4, -0.2) is 22.9 Å². The zero-order chi connectivity index (χ0) is 12.5. The minimum absolute atomic E-state index is 0.222. The van der Waals surface area contributed by atoms with Gasteiger partial charge in [-0.1, -0.05) is 36.4 Å². The Balaban J connectivity index is 1.88. The second-order valence-corrected chi connectivity index (χ2v) is 4.23. The van der Waals surface area contributed by atoms with Crippen molar-refractivity contribution >= 4 is 22.8 Å². The Bertz CT molecular complexity index is 674. The molecule has 88 valence electrons. The lowest BCUT2D eigenvalue weighted by Crippen LogP contribution is -2.09. The highest BCUT2D eigenvalue weighted by molar-refractivity contribution is 6.28. The number of carbonyl (C=O) groups excluding carboxylic acids is 1. The van der Waals surface area contributed by atoms with Crippen LogP contribution >= 0.6 is 0 Å². The Kier molecular flexibility index (Phi) is 2.52. The van der Waals surface area contributed by atoms with Crippen LogP contribution in [0, 0.1) is 0 Å². The van der Waals surface area contributed by atoms with Crippen molar-refractivity contribution in [1.82, 2.24) is 0 Å². The first-order valence-corrected chi connectivity index (χ1v) is 5.65. The maximum Gasteiger partial charge on any atom is 0.326 e. The van der Waals surface area contributed by atoms with Gasteiger partial charge in [-0.25, -0.2) is 0 Å². The second kappa shape index (κ2) is 4.18. The summed E-state index contributed by atoms with van der Waals surface area (Å²) in [6, 6.07) is 14.0. The molecule has 2 aromatic rings. The van der Waals surface area contributed by atoms with Crippen molar-refractivity contribution in [2.24, 2.45) is 0 Å². The summed E-state index contributed by atoms with van der Waals surface area (Å²) >= 11 is 0. The minimum atomic E-state index is -0.512. The summed E-state index contributed by atoms with van der Waals surface area (Å²) in [7, 11) is 0. The molecule has 0 radical (unpaired) electrons. The normalized spacial score (nSPS) is 21.3. The molecule has 1 aliphatic rings. The molecular formula is C14H10N2O2. The van der Waals surface area contributed by atoms with Gasteiger partial charge in [-0.3, -0.25) is 4.79 Å². The lowest BCUT2D eigenvalue weighted by molar-refractivity contribution is -0.117. The second-order valence-electron chi connectivity index (χ2n) is 4.23. The van der Waals surface area contributed by atoms with Gasteiger partial charge in [-0.2, -0.15) is 4.79 Å². The van der Waals surface area contributed by atoms with Gasteiger partial charge in [0.2, 0.25) is 0 Å². The minimum Gasteiger partial charge on any atom is -0.361 e. The zero-order valence-corrected chi connectivity index (χ0v) is 9.48. The Labute approximate surface area is 103 Å². The predicted octanol–water partition coefficient (Wildman–Crippen LogP) is 2.15. The van der Waals surface area contributed by atoms with E-state index < -0.39 is 6.10 Å². The average molecular weight is 238 g/mol. The van der Waals surface area contributed by atoms with Gasteiger partial charge in [-0.05, 0) is 22.4 Å². The van der Waals surface area contributed by atoms with Crippen molar-refractivity contribution in [2.75, 3.05) is 0 Å². The van der Waals surface area contributed by atoms with E-state index >= 15 is 0 Å². The van der Waals surface area contributed by atoms with E-state index in [0.717, 1.165) is 22.6 Å². The molecular weight excluding hydrogens is 228 g/mol. The van der Waals surface area contributed by atoms with Crippen molar-refractivity contribution in [3.63, 3.8) is 0 Å². The molecule has 3 rings (SSSR count). The molecule has 2 aromatic carbocycles. The van der Waals surface area contributed by atoms with Crippen LogP contribution in [0.4, 0.5) is 0 Å². The fourth-order valence-corrected chi connectivity index (χ4v) is 2.10. The van der Waals surface area contributed by atoms with E-state index in [1.165, 1.54) is 0 Å². The maximum atomic E-state index is 11.4. The summed E-state index contributed by atoms with van der Waals surface area (Å²) < 4.78 is 5.31. The van der Waals surface area contributed by atoms with Crippen molar-refractivity contribution in [1.29, 1.82) is 0 Å². The zero-order valence-electron chi connectivity index (χ0n) is 9.48. The number of benzene rings is 2. The van der Waals surface area contributed by atoms with E-state index in [1.807, 2.05) is 42.5 Å². The summed E-state index contributed by atoms with van der Waals surface area (Å²) in [5.41, 5.74) is 9.28. The van der Waals surface area contributed by atoms with E-state index in [4.69, 9.17) is 10.3 Å². The van der Waals surface area contributed by atoms with E-state index in [-0.39, 0.29) is 11.9 Å². The first-order valence-electron chi connectivity index (χ1n) is 5.65. The summed E-state index contributed by atoms with van der Waals surface area (Å²) in [5, 5.41) is 2.27. The molecule has 0 spiro atoms. The summed E-state index contributed by atoms with van der Waals surface area (Å²) in [6.45, 7) is 0. The van der Waals surface area contributed by atoms with Gasteiger partial charge in [0.05, 0.1) is 0 Å². The molecule has 2 atom stereocenters. The third kappa shape index (κ3) is 1.84. The van der Waals surface area contributed by atoms with Gasteiger partial charge in [0.15, 0.2) is 6.10 Å². The van der Waals surface area contributed by atoms with Gasteiger partial charge in [0.1, 0.15) is 6.10 Å². The number of Topliss-reactive ketones (excluding diaryl/α,β-unsaturated/α-hetero) is 1. The van der Waals surface area contributed by atoms with E-state index in [9.17, 15) is 4.79 Å². The van der Waals surface area contributed by atoms with Crippen molar-refractivity contribution in [3.05, 3.63) is 53.6 Å². The standard InChI is InChI=1S/C14H10N2O2/c15-16-8-12(17)14-13(18-14)11-6-5-9-3-1-2-4-10(9)7-11/h1-8,13-14H/t13-,14+/m1/s1. The molecule has 1 aliphatic heterocycles. The van der Waals surface area contributed by atoms with Crippen LogP contribution in [0.3, 0.4) is 0 Å². The highest BCUT2D eigenvalue weighted by Gasteiger charge is 2.46. The molecule has 0 N–H and O–H groups in total. The largest absolute Gasteiger partial charge is 0.361 e. The monoisotopic (exact) mass is 238 g/mol.